The molecule has 0 radical (unpaired) electrons. The van der Waals surface area contributed by atoms with E-state index in [1.54, 1.807) is 12.5 Å². The zero-order valence-electron chi connectivity index (χ0n) is 14.4. The smallest absolute Gasteiger partial charge is 0.191 e. The summed E-state index contributed by atoms with van der Waals surface area (Å²) in [5.74, 6) is 1.73. The van der Waals surface area contributed by atoms with Crippen molar-refractivity contribution < 1.29 is 4.42 Å². The Labute approximate surface area is 147 Å². The topological polar surface area (TPSA) is 67.4 Å². The number of rotatable bonds is 7. The van der Waals surface area contributed by atoms with Crippen LogP contribution in [-0.2, 0) is 26.6 Å². The van der Waals surface area contributed by atoms with Crippen LogP contribution >= 0.6 is 0 Å². The molecular weight excluding hydrogens is 314 g/mol. The first-order chi connectivity index (χ1) is 12.3. The lowest BCUT2D eigenvalue weighted by Gasteiger charge is -2.12. The molecule has 0 saturated heterocycles. The van der Waals surface area contributed by atoms with Crippen LogP contribution in [0.4, 0.5) is 0 Å². The molecule has 0 aliphatic heterocycles. The molecule has 0 amide bonds. The highest BCUT2D eigenvalue weighted by Crippen LogP contribution is 2.02. The quantitative estimate of drug-likeness (QED) is 0.513. The average Bonchev–Trinajstić information content (AvgIpc) is 3.29. The number of furan rings is 1. The van der Waals surface area contributed by atoms with Crippen LogP contribution in [0.1, 0.15) is 17.0 Å². The molecule has 3 aromatic rings. The molecule has 0 saturated carbocycles. The summed E-state index contributed by atoms with van der Waals surface area (Å²) in [5, 5.41) is 10.9. The predicted octanol–water partition coefficient (Wildman–Crippen LogP) is 2.49. The fourth-order valence-electron chi connectivity index (χ4n) is 2.44. The van der Waals surface area contributed by atoms with Crippen LogP contribution in [0.15, 0.2) is 70.4 Å². The molecule has 1 aromatic carbocycles. The van der Waals surface area contributed by atoms with Crippen molar-refractivity contribution in [2.75, 3.05) is 6.54 Å². The minimum absolute atomic E-state index is 0.627. The highest BCUT2D eigenvalue weighted by atomic mass is 16.3. The number of hydrogen-bond acceptors (Lipinski definition) is 3. The second kappa shape index (κ2) is 8.73. The van der Waals surface area contributed by atoms with E-state index in [9.17, 15) is 0 Å². The van der Waals surface area contributed by atoms with E-state index in [0.29, 0.717) is 13.1 Å². The normalized spacial score (nSPS) is 11.5. The molecule has 25 heavy (non-hydrogen) atoms. The van der Waals surface area contributed by atoms with Gasteiger partial charge in [-0.1, -0.05) is 30.3 Å². The fourth-order valence-corrected chi connectivity index (χ4v) is 2.44. The predicted molar refractivity (Wildman–Crippen MR) is 98.0 cm³/mol. The summed E-state index contributed by atoms with van der Waals surface area (Å²) in [4.78, 5) is 4.68. The van der Waals surface area contributed by atoms with Gasteiger partial charge in [-0.2, -0.15) is 5.10 Å². The van der Waals surface area contributed by atoms with Gasteiger partial charge in [0.1, 0.15) is 5.76 Å². The van der Waals surface area contributed by atoms with Gasteiger partial charge in [0, 0.05) is 26.2 Å². The van der Waals surface area contributed by atoms with Crippen molar-refractivity contribution in [3.8, 4) is 0 Å². The van der Waals surface area contributed by atoms with E-state index in [4.69, 9.17) is 4.42 Å². The Morgan fingerprint density at radius 1 is 1.12 bits per heavy atom. The molecule has 6 heteroatoms. The average molecular weight is 337 g/mol. The van der Waals surface area contributed by atoms with Crippen LogP contribution in [0.5, 0.6) is 0 Å². The van der Waals surface area contributed by atoms with Crippen molar-refractivity contribution in [2.45, 2.75) is 19.5 Å². The molecule has 130 valence electrons. The molecule has 0 aliphatic carbocycles. The first-order valence-corrected chi connectivity index (χ1v) is 8.36. The van der Waals surface area contributed by atoms with Gasteiger partial charge in [0.25, 0.3) is 0 Å². The molecular formula is C19H23N5O. The molecule has 3 rings (SSSR count). The second-order valence-electron chi connectivity index (χ2n) is 5.71. The lowest BCUT2D eigenvalue weighted by Crippen LogP contribution is -2.38. The first kappa shape index (κ1) is 16.8. The second-order valence-corrected chi connectivity index (χ2v) is 5.71. The largest absolute Gasteiger partial charge is 0.469 e. The van der Waals surface area contributed by atoms with Crippen LogP contribution in [0, 0.1) is 0 Å². The Bertz CT molecular complexity index is 777. The maximum Gasteiger partial charge on any atom is 0.191 e. The van der Waals surface area contributed by atoms with E-state index >= 15 is 0 Å². The van der Waals surface area contributed by atoms with Crippen molar-refractivity contribution in [1.82, 2.24) is 20.4 Å². The Balaban J connectivity index is 1.58. The maximum atomic E-state index is 5.37. The molecule has 0 fully saturated rings. The Hall–Kier alpha value is -3.02. The zero-order valence-corrected chi connectivity index (χ0v) is 14.4. The molecule has 0 aliphatic rings. The van der Waals surface area contributed by atoms with Crippen molar-refractivity contribution in [1.29, 1.82) is 0 Å². The van der Waals surface area contributed by atoms with Crippen LogP contribution in [-0.4, -0.2) is 22.3 Å². The summed E-state index contributed by atoms with van der Waals surface area (Å²) < 4.78 is 7.22. The van der Waals surface area contributed by atoms with Crippen LogP contribution in [0.2, 0.25) is 0 Å². The number of nitrogens with one attached hydrogen (secondary N) is 2. The van der Waals surface area contributed by atoms with Gasteiger partial charge in [-0.3, -0.25) is 4.68 Å². The van der Waals surface area contributed by atoms with Crippen LogP contribution < -0.4 is 10.6 Å². The number of hydrogen-bond donors (Lipinski definition) is 2. The summed E-state index contributed by atoms with van der Waals surface area (Å²) in [5.41, 5.74) is 2.27. The summed E-state index contributed by atoms with van der Waals surface area (Å²) in [6.07, 6.45) is 4.30. The van der Waals surface area contributed by atoms with E-state index in [2.05, 4.69) is 32.9 Å². The van der Waals surface area contributed by atoms with Gasteiger partial charge in [-0.05, 0) is 23.8 Å². The van der Waals surface area contributed by atoms with E-state index in [1.807, 2.05) is 48.1 Å². The highest BCUT2D eigenvalue weighted by molar-refractivity contribution is 5.79. The molecule has 2 N–H and O–H groups in total. The molecule has 0 unspecified atom stereocenters. The number of benzene rings is 1. The van der Waals surface area contributed by atoms with E-state index in [-0.39, 0.29) is 0 Å². The fraction of sp³-hybridized carbons (Fsp3) is 0.263. The van der Waals surface area contributed by atoms with Gasteiger partial charge in [0.2, 0.25) is 0 Å². The zero-order chi connectivity index (χ0) is 17.3. The molecule has 0 bridgehead atoms. The summed E-state index contributed by atoms with van der Waals surface area (Å²) in [7, 11) is 1.93. The van der Waals surface area contributed by atoms with Crippen LogP contribution in [0.3, 0.4) is 0 Å². The van der Waals surface area contributed by atoms with Crippen molar-refractivity contribution in [3.05, 3.63) is 78.0 Å². The lowest BCUT2D eigenvalue weighted by molar-refractivity contribution is 0.506. The molecule has 6 nitrogen and oxygen atoms in total. The van der Waals surface area contributed by atoms with Gasteiger partial charge < -0.3 is 15.1 Å². The molecule has 0 atom stereocenters. The van der Waals surface area contributed by atoms with Gasteiger partial charge >= 0.3 is 0 Å². The van der Waals surface area contributed by atoms with Gasteiger partial charge in [0.05, 0.1) is 25.0 Å². The van der Waals surface area contributed by atoms with Crippen LogP contribution in [0.25, 0.3) is 0 Å². The third-order valence-corrected chi connectivity index (χ3v) is 3.87. The Morgan fingerprint density at radius 3 is 2.72 bits per heavy atom. The van der Waals surface area contributed by atoms with E-state index in [1.165, 1.54) is 5.56 Å². The van der Waals surface area contributed by atoms with Crippen molar-refractivity contribution >= 4 is 5.96 Å². The maximum absolute atomic E-state index is 5.37. The number of nitrogens with zero attached hydrogens (tertiary/aromatic N) is 3. The SMILES string of the molecule is Cn1nccc1CNC(=NCc1ccccc1)NCCc1ccco1. The summed E-state index contributed by atoms with van der Waals surface area (Å²) in [6, 6.07) is 16.1. The number of aryl methyl sites for hydroxylation is 1. The van der Waals surface area contributed by atoms with Crippen molar-refractivity contribution in [3.63, 3.8) is 0 Å². The summed E-state index contributed by atoms with van der Waals surface area (Å²) >= 11 is 0. The third kappa shape index (κ3) is 5.24. The lowest BCUT2D eigenvalue weighted by atomic mass is 10.2. The standard InChI is InChI=1S/C19H23N5O/c1-24-17(9-12-23-24)15-22-19(20-11-10-18-8-5-13-25-18)21-14-16-6-3-2-4-7-16/h2-9,12-13H,10-11,14-15H2,1H3,(H2,20,21,22). The molecule has 2 heterocycles. The summed E-state index contributed by atoms with van der Waals surface area (Å²) in [6.45, 7) is 2.04. The van der Waals surface area contributed by atoms with Gasteiger partial charge in [-0.15, -0.1) is 0 Å². The third-order valence-electron chi connectivity index (χ3n) is 3.87. The van der Waals surface area contributed by atoms with Gasteiger partial charge in [-0.25, -0.2) is 4.99 Å². The van der Waals surface area contributed by atoms with E-state index < -0.39 is 0 Å². The minimum Gasteiger partial charge on any atom is -0.469 e. The highest BCUT2D eigenvalue weighted by Gasteiger charge is 2.03. The monoisotopic (exact) mass is 337 g/mol. The van der Waals surface area contributed by atoms with Gasteiger partial charge in [0.15, 0.2) is 5.96 Å². The van der Waals surface area contributed by atoms with Crippen molar-refractivity contribution in [2.24, 2.45) is 12.0 Å². The minimum atomic E-state index is 0.627. The first-order valence-electron chi connectivity index (χ1n) is 8.36. The molecule has 0 spiro atoms. The Kier molecular flexibility index (Phi) is 5.87. The molecule has 2 aromatic heterocycles. The van der Waals surface area contributed by atoms with E-state index in [0.717, 1.165) is 30.4 Å². The number of aromatic nitrogens is 2. The Morgan fingerprint density at radius 2 is 2.00 bits per heavy atom. The number of aliphatic imine (C=N–C) groups is 1. The number of guanidine groups is 1.